The molecular weight excluding hydrogens is 321 g/mol. The zero-order valence-corrected chi connectivity index (χ0v) is 14.4. The molecule has 0 radical (unpaired) electrons. The third kappa shape index (κ3) is 3.66. The van der Waals surface area contributed by atoms with E-state index in [1.807, 2.05) is 24.3 Å². The van der Waals surface area contributed by atoms with E-state index >= 15 is 0 Å². The first-order valence-electron chi connectivity index (χ1n) is 8.43. The molecule has 0 bridgehead atoms. The van der Waals surface area contributed by atoms with Gasteiger partial charge in [0, 0.05) is 18.5 Å². The van der Waals surface area contributed by atoms with Crippen molar-refractivity contribution < 1.29 is 18.7 Å². The van der Waals surface area contributed by atoms with Gasteiger partial charge in [-0.1, -0.05) is 24.3 Å². The summed E-state index contributed by atoms with van der Waals surface area (Å²) < 4.78 is 23.8. The molecule has 1 fully saturated rings. The minimum Gasteiger partial charge on any atom is -0.497 e. The molecule has 1 saturated heterocycles. The summed E-state index contributed by atoms with van der Waals surface area (Å²) in [6.45, 7) is 2.77. The Balaban J connectivity index is 1.91. The molecule has 2 aromatic rings. The standard InChI is InChI=1S/C20H22FNO3/c1-3-25-20(23)18-17(13-4-8-15(21)9-5-13)12-22-19(18)14-6-10-16(24-2)11-7-14/h4-11,17-19,22H,3,12H2,1-2H3/t17-,18+,19+/m1/s1. The van der Waals surface area contributed by atoms with E-state index in [0.29, 0.717) is 13.2 Å². The second kappa shape index (κ2) is 7.66. The van der Waals surface area contributed by atoms with Gasteiger partial charge in [0.2, 0.25) is 0 Å². The average molecular weight is 343 g/mol. The van der Waals surface area contributed by atoms with Crippen LogP contribution in [0.25, 0.3) is 0 Å². The second-order valence-corrected chi connectivity index (χ2v) is 6.09. The molecule has 4 nitrogen and oxygen atoms in total. The van der Waals surface area contributed by atoms with Gasteiger partial charge in [-0.25, -0.2) is 4.39 Å². The van der Waals surface area contributed by atoms with E-state index < -0.39 is 0 Å². The van der Waals surface area contributed by atoms with Crippen molar-refractivity contribution in [2.24, 2.45) is 5.92 Å². The Labute approximate surface area is 147 Å². The number of methoxy groups -OCH3 is 1. The topological polar surface area (TPSA) is 47.6 Å². The largest absolute Gasteiger partial charge is 0.497 e. The predicted molar refractivity (Wildman–Crippen MR) is 93.0 cm³/mol. The Kier molecular flexibility index (Phi) is 5.34. The zero-order valence-electron chi connectivity index (χ0n) is 14.4. The van der Waals surface area contributed by atoms with Crippen molar-refractivity contribution in [3.63, 3.8) is 0 Å². The van der Waals surface area contributed by atoms with Crippen molar-refractivity contribution in [1.29, 1.82) is 0 Å². The Morgan fingerprint density at radius 2 is 1.76 bits per heavy atom. The van der Waals surface area contributed by atoms with E-state index in [1.54, 1.807) is 26.2 Å². The van der Waals surface area contributed by atoms with Crippen LogP contribution in [0.1, 0.15) is 30.0 Å². The molecule has 3 atom stereocenters. The molecule has 0 aliphatic carbocycles. The Hall–Kier alpha value is -2.40. The molecule has 3 rings (SSSR count). The van der Waals surface area contributed by atoms with E-state index in [9.17, 15) is 9.18 Å². The molecule has 1 aliphatic heterocycles. The number of ether oxygens (including phenoxy) is 2. The number of carbonyl (C=O) groups excluding carboxylic acids is 1. The summed E-state index contributed by atoms with van der Waals surface area (Å²) >= 11 is 0. The number of rotatable bonds is 5. The average Bonchev–Trinajstić information content (AvgIpc) is 3.08. The second-order valence-electron chi connectivity index (χ2n) is 6.09. The number of benzene rings is 2. The van der Waals surface area contributed by atoms with Gasteiger partial charge in [-0.15, -0.1) is 0 Å². The number of hydrogen-bond acceptors (Lipinski definition) is 4. The van der Waals surface area contributed by atoms with Gasteiger partial charge in [-0.05, 0) is 42.3 Å². The van der Waals surface area contributed by atoms with E-state index in [4.69, 9.17) is 9.47 Å². The summed E-state index contributed by atoms with van der Waals surface area (Å²) in [5.74, 6) is -0.174. The van der Waals surface area contributed by atoms with E-state index in [2.05, 4.69) is 5.32 Å². The highest BCUT2D eigenvalue weighted by Crippen LogP contribution is 2.40. The summed E-state index contributed by atoms with van der Waals surface area (Å²) in [6, 6.07) is 13.9. The number of halogens is 1. The lowest BCUT2D eigenvalue weighted by Gasteiger charge is -2.23. The molecule has 5 heteroatoms. The van der Waals surface area contributed by atoms with Gasteiger partial charge in [-0.2, -0.15) is 0 Å². The van der Waals surface area contributed by atoms with Crippen molar-refractivity contribution in [3.05, 3.63) is 65.5 Å². The van der Waals surface area contributed by atoms with Crippen LogP contribution < -0.4 is 10.1 Å². The van der Waals surface area contributed by atoms with E-state index in [1.165, 1.54) is 12.1 Å². The first kappa shape index (κ1) is 17.4. The number of hydrogen-bond donors (Lipinski definition) is 1. The number of nitrogens with one attached hydrogen (secondary N) is 1. The smallest absolute Gasteiger partial charge is 0.311 e. The lowest BCUT2D eigenvalue weighted by molar-refractivity contribution is -0.148. The van der Waals surface area contributed by atoms with Gasteiger partial charge < -0.3 is 14.8 Å². The van der Waals surface area contributed by atoms with Crippen molar-refractivity contribution in [2.45, 2.75) is 18.9 Å². The van der Waals surface area contributed by atoms with Crippen LogP contribution >= 0.6 is 0 Å². The van der Waals surface area contributed by atoms with Crippen LogP contribution in [-0.4, -0.2) is 26.2 Å². The maximum atomic E-state index is 13.2. The van der Waals surface area contributed by atoms with Crippen LogP contribution in [-0.2, 0) is 9.53 Å². The molecule has 1 N–H and O–H groups in total. The van der Waals surface area contributed by atoms with Gasteiger partial charge in [0.05, 0.1) is 19.6 Å². The molecule has 0 saturated carbocycles. The van der Waals surface area contributed by atoms with Crippen LogP contribution in [0.5, 0.6) is 5.75 Å². The monoisotopic (exact) mass is 343 g/mol. The van der Waals surface area contributed by atoms with Crippen molar-refractivity contribution in [2.75, 3.05) is 20.3 Å². The molecule has 0 aromatic heterocycles. The predicted octanol–water partition coefficient (Wildman–Crippen LogP) is 3.44. The van der Waals surface area contributed by atoms with Gasteiger partial charge in [0.15, 0.2) is 0 Å². The van der Waals surface area contributed by atoms with Gasteiger partial charge >= 0.3 is 5.97 Å². The summed E-state index contributed by atoms with van der Waals surface area (Å²) in [5, 5.41) is 3.43. The molecule has 0 unspecified atom stereocenters. The SMILES string of the molecule is CCOC(=O)[C@H]1[C@@H](c2ccc(F)cc2)CN[C@H]1c1ccc(OC)cc1. The fraction of sp³-hybridized carbons (Fsp3) is 0.350. The highest BCUT2D eigenvalue weighted by atomic mass is 19.1. The highest BCUT2D eigenvalue weighted by Gasteiger charge is 2.43. The minimum absolute atomic E-state index is 0.0632. The molecule has 0 spiro atoms. The third-order valence-electron chi connectivity index (χ3n) is 4.68. The van der Waals surface area contributed by atoms with Crippen molar-refractivity contribution >= 4 is 5.97 Å². The van der Waals surface area contributed by atoms with Crippen molar-refractivity contribution in [3.8, 4) is 5.75 Å². The maximum Gasteiger partial charge on any atom is 0.311 e. The summed E-state index contributed by atoms with van der Waals surface area (Å²) in [6.07, 6.45) is 0. The van der Waals surface area contributed by atoms with Crippen molar-refractivity contribution in [1.82, 2.24) is 5.32 Å². The Morgan fingerprint density at radius 3 is 2.36 bits per heavy atom. The zero-order chi connectivity index (χ0) is 17.8. The quantitative estimate of drug-likeness (QED) is 0.845. The molecular formula is C20H22FNO3. The van der Waals surface area contributed by atoms with Crippen LogP contribution in [0.4, 0.5) is 4.39 Å². The van der Waals surface area contributed by atoms with Crippen LogP contribution in [0.2, 0.25) is 0 Å². The van der Waals surface area contributed by atoms with Crippen LogP contribution in [0.3, 0.4) is 0 Å². The van der Waals surface area contributed by atoms with Gasteiger partial charge in [-0.3, -0.25) is 4.79 Å². The Bertz CT molecular complexity index is 715. The Morgan fingerprint density at radius 1 is 1.12 bits per heavy atom. The first-order chi connectivity index (χ1) is 12.1. The first-order valence-corrected chi connectivity index (χ1v) is 8.43. The molecule has 132 valence electrons. The summed E-state index contributed by atoms with van der Waals surface area (Å²) in [7, 11) is 1.62. The summed E-state index contributed by atoms with van der Waals surface area (Å²) in [5.41, 5.74) is 1.94. The normalized spacial score (nSPS) is 22.6. The van der Waals surface area contributed by atoms with Gasteiger partial charge in [0.25, 0.3) is 0 Å². The highest BCUT2D eigenvalue weighted by molar-refractivity contribution is 5.75. The number of esters is 1. The fourth-order valence-corrected chi connectivity index (χ4v) is 3.45. The molecule has 1 aliphatic rings. The number of carbonyl (C=O) groups is 1. The van der Waals surface area contributed by atoms with E-state index in [-0.39, 0.29) is 29.7 Å². The van der Waals surface area contributed by atoms with Crippen LogP contribution in [0.15, 0.2) is 48.5 Å². The van der Waals surface area contributed by atoms with Gasteiger partial charge in [0.1, 0.15) is 11.6 Å². The fourth-order valence-electron chi connectivity index (χ4n) is 3.45. The maximum absolute atomic E-state index is 13.2. The third-order valence-corrected chi connectivity index (χ3v) is 4.68. The van der Waals surface area contributed by atoms with E-state index in [0.717, 1.165) is 16.9 Å². The lowest BCUT2D eigenvalue weighted by atomic mass is 9.83. The molecule has 1 heterocycles. The summed E-state index contributed by atoms with van der Waals surface area (Å²) in [4.78, 5) is 12.6. The molecule has 2 aromatic carbocycles. The lowest BCUT2D eigenvalue weighted by Crippen LogP contribution is -2.27. The minimum atomic E-state index is -0.362. The van der Waals surface area contributed by atoms with Crippen LogP contribution in [0, 0.1) is 11.7 Å². The molecule has 25 heavy (non-hydrogen) atoms. The molecule has 0 amide bonds.